The van der Waals surface area contributed by atoms with E-state index in [0.717, 1.165) is 19.1 Å². The van der Waals surface area contributed by atoms with Gasteiger partial charge in [0, 0.05) is 11.8 Å². The first kappa shape index (κ1) is 20.6. The van der Waals surface area contributed by atoms with E-state index in [1.54, 1.807) is 0 Å². The molecular formula is C22H40O4. The van der Waals surface area contributed by atoms with Crippen LogP contribution in [0.3, 0.4) is 0 Å². The summed E-state index contributed by atoms with van der Waals surface area (Å²) in [6.45, 7) is 7.60. The van der Waals surface area contributed by atoms with E-state index in [9.17, 15) is 0 Å². The second-order valence-corrected chi connectivity index (χ2v) is 8.76. The first-order valence-electron chi connectivity index (χ1n) is 11.3. The van der Waals surface area contributed by atoms with E-state index in [0.29, 0.717) is 25.0 Å². The minimum absolute atomic E-state index is 0.000677. The lowest BCUT2D eigenvalue weighted by Gasteiger charge is -2.40. The van der Waals surface area contributed by atoms with Crippen molar-refractivity contribution in [1.29, 1.82) is 0 Å². The van der Waals surface area contributed by atoms with Crippen LogP contribution in [0.15, 0.2) is 0 Å². The van der Waals surface area contributed by atoms with Gasteiger partial charge in [0.2, 0.25) is 0 Å². The molecule has 4 nitrogen and oxygen atoms in total. The molecule has 2 heterocycles. The molecule has 2 saturated heterocycles. The Bertz CT molecular complexity index is 328. The Morgan fingerprint density at radius 2 is 1.08 bits per heavy atom. The lowest BCUT2D eigenvalue weighted by molar-refractivity contribution is -0.291. The van der Waals surface area contributed by atoms with Gasteiger partial charge in [-0.05, 0) is 38.0 Å². The third-order valence-corrected chi connectivity index (χ3v) is 6.53. The summed E-state index contributed by atoms with van der Waals surface area (Å²) in [7, 11) is 0. The first-order valence-corrected chi connectivity index (χ1v) is 11.3. The molecule has 2 aliphatic heterocycles. The minimum atomic E-state index is -0.140. The molecule has 0 radical (unpaired) electrons. The maximum Gasteiger partial charge on any atom is 0.164 e. The van der Waals surface area contributed by atoms with E-state index in [1.165, 1.54) is 64.2 Å². The molecule has 0 aromatic rings. The normalized spacial score (nSPS) is 39.0. The van der Waals surface area contributed by atoms with Crippen LogP contribution in [0.1, 0.15) is 78.1 Å². The van der Waals surface area contributed by atoms with Crippen molar-refractivity contribution in [3.8, 4) is 0 Å². The minimum Gasteiger partial charge on any atom is -0.352 e. The Kier molecular flexibility index (Phi) is 8.70. The molecule has 0 unspecified atom stereocenters. The van der Waals surface area contributed by atoms with Crippen molar-refractivity contribution in [2.24, 2.45) is 23.7 Å². The van der Waals surface area contributed by atoms with Crippen LogP contribution < -0.4 is 0 Å². The molecule has 1 aliphatic carbocycles. The van der Waals surface area contributed by atoms with Gasteiger partial charge in [-0.1, -0.05) is 46.0 Å². The van der Waals surface area contributed by atoms with Gasteiger partial charge in [0.1, 0.15) is 0 Å². The Morgan fingerprint density at radius 1 is 0.577 bits per heavy atom. The average molecular weight is 369 g/mol. The summed E-state index contributed by atoms with van der Waals surface area (Å²) in [5.41, 5.74) is 0. The van der Waals surface area contributed by atoms with Gasteiger partial charge in [0.25, 0.3) is 0 Å². The van der Waals surface area contributed by atoms with E-state index < -0.39 is 0 Å². The Morgan fingerprint density at radius 3 is 1.65 bits per heavy atom. The Labute approximate surface area is 160 Å². The molecule has 26 heavy (non-hydrogen) atoms. The second-order valence-electron chi connectivity index (χ2n) is 8.76. The molecule has 3 fully saturated rings. The van der Waals surface area contributed by atoms with Gasteiger partial charge in [-0.2, -0.15) is 0 Å². The average Bonchev–Trinajstić information content (AvgIpc) is 2.72. The zero-order valence-corrected chi connectivity index (χ0v) is 17.0. The summed E-state index contributed by atoms with van der Waals surface area (Å²) in [5, 5.41) is 0. The first-order chi connectivity index (χ1) is 12.8. The molecule has 0 aromatic carbocycles. The lowest BCUT2D eigenvalue weighted by Crippen LogP contribution is -2.46. The highest BCUT2D eigenvalue weighted by Crippen LogP contribution is 2.36. The summed E-state index contributed by atoms with van der Waals surface area (Å²) in [6, 6.07) is 0. The molecule has 0 N–H and O–H groups in total. The Hall–Kier alpha value is -0.160. The zero-order valence-electron chi connectivity index (χ0n) is 17.0. The second kappa shape index (κ2) is 11.0. The monoisotopic (exact) mass is 368 g/mol. The fourth-order valence-electron chi connectivity index (χ4n) is 4.69. The van der Waals surface area contributed by atoms with Crippen LogP contribution in [-0.2, 0) is 18.9 Å². The van der Waals surface area contributed by atoms with E-state index in [4.69, 9.17) is 18.9 Å². The zero-order chi connectivity index (χ0) is 18.2. The Balaban J connectivity index is 1.32. The molecule has 3 aliphatic rings. The highest BCUT2D eigenvalue weighted by molar-refractivity contribution is 4.78. The summed E-state index contributed by atoms with van der Waals surface area (Å²) < 4.78 is 24.2. The van der Waals surface area contributed by atoms with Crippen molar-refractivity contribution in [3.05, 3.63) is 0 Å². The summed E-state index contributed by atoms with van der Waals surface area (Å²) in [5.74, 6) is 2.30. The van der Waals surface area contributed by atoms with Gasteiger partial charge in [-0.25, -0.2) is 0 Å². The van der Waals surface area contributed by atoms with Crippen molar-refractivity contribution in [3.63, 3.8) is 0 Å². The van der Waals surface area contributed by atoms with Crippen LogP contribution in [0.25, 0.3) is 0 Å². The van der Waals surface area contributed by atoms with E-state index >= 15 is 0 Å². The number of hydrogen-bond donors (Lipinski definition) is 0. The van der Waals surface area contributed by atoms with Crippen LogP contribution in [0, 0.1) is 23.7 Å². The highest BCUT2D eigenvalue weighted by atomic mass is 16.7. The summed E-state index contributed by atoms with van der Waals surface area (Å²) in [4.78, 5) is 0. The van der Waals surface area contributed by atoms with Gasteiger partial charge in [0.05, 0.1) is 32.3 Å². The van der Waals surface area contributed by atoms with Crippen LogP contribution >= 0.6 is 0 Å². The van der Waals surface area contributed by atoms with Crippen LogP contribution in [0.5, 0.6) is 0 Å². The standard InChI is InChI=1S/C22H40O4/c1-3-5-7-17-9-11-19(12-10-17)21-25-15-20(16-26-21)22-23-13-18(14-24-22)8-6-4-2/h17-22H,3-16H2,1-2H3/t17-,18-,19-,20-,21-,22-. The third kappa shape index (κ3) is 5.92. The molecule has 0 amide bonds. The summed E-state index contributed by atoms with van der Waals surface area (Å²) in [6.07, 6.45) is 12.9. The topological polar surface area (TPSA) is 36.9 Å². The fraction of sp³-hybridized carbons (Fsp3) is 1.00. The van der Waals surface area contributed by atoms with E-state index in [1.807, 2.05) is 0 Å². The molecule has 4 heteroatoms. The van der Waals surface area contributed by atoms with Crippen molar-refractivity contribution >= 4 is 0 Å². The van der Waals surface area contributed by atoms with Crippen molar-refractivity contribution in [1.82, 2.24) is 0 Å². The van der Waals surface area contributed by atoms with E-state index in [-0.39, 0.29) is 18.5 Å². The van der Waals surface area contributed by atoms with E-state index in [2.05, 4.69) is 13.8 Å². The quantitative estimate of drug-likeness (QED) is 0.593. The molecule has 3 rings (SSSR count). The number of rotatable bonds is 8. The van der Waals surface area contributed by atoms with Crippen molar-refractivity contribution in [2.45, 2.75) is 90.6 Å². The van der Waals surface area contributed by atoms with Crippen LogP contribution in [0.2, 0.25) is 0 Å². The molecular weight excluding hydrogens is 328 g/mol. The molecule has 0 aromatic heterocycles. The third-order valence-electron chi connectivity index (χ3n) is 6.53. The fourth-order valence-corrected chi connectivity index (χ4v) is 4.69. The van der Waals surface area contributed by atoms with Crippen molar-refractivity contribution < 1.29 is 18.9 Å². The number of hydrogen-bond acceptors (Lipinski definition) is 4. The lowest BCUT2D eigenvalue weighted by atomic mass is 9.79. The van der Waals surface area contributed by atoms with Crippen molar-refractivity contribution in [2.75, 3.05) is 26.4 Å². The predicted molar refractivity (Wildman–Crippen MR) is 103 cm³/mol. The van der Waals surface area contributed by atoms with Crippen LogP contribution in [-0.4, -0.2) is 39.0 Å². The molecule has 0 atom stereocenters. The number of unbranched alkanes of at least 4 members (excludes halogenated alkanes) is 2. The molecule has 0 spiro atoms. The van der Waals surface area contributed by atoms with Gasteiger partial charge >= 0.3 is 0 Å². The predicted octanol–water partition coefficient (Wildman–Crippen LogP) is 5.15. The van der Waals surface area contributed by atoms with Gasteiger partial charge < -0.3 is 18.9 Å². The van der Waals surface area contributed by atoms with Crippen LogP contribution in [0.4, 0.5) is 0 Å². The number of ether oxygens (including phenoxy) is 4. The largest absolute Gasteiger partial charge is 0.352 e. The maximum absolute atomic E-state index is 6.11. The summed E-state index contributed by atoms with van der Waals surface area (Å²) >= 11 is 0. The smallest absolute Gasteiger partial charge is 0.164 e. The van der Waals surface area contributed by atoms with Gasteiger partial charge in [-0.15, -0.1) is 0 Å². The molecule has 1 saturated carbocycles. The highest BCUT2D eigenvalue weighted by Gasteiger charge is 2.37. The van der Waals surface area contributed by atoms with Gasteiger partial charge in [-0.3, -0.25) is 0 Å². The molecule has 0 bridgehead atoms. The van der Waals surface area contributed by atoms with Gasteiger partial charge in [0.15, 0.2) is 12.6 Å². The molecule has 152 valence electrons. The SMILES string of the molecule is CCCC[C@H]1CC[C@H]([C@H]2OC[C@H]([C@H]3OC[C@H](CCCC)CO3)CO2)CC1. The maximum atomic E-state index is 6.11.